The number of hydrogen-bond acceptors (Lipinski definition) is 9. The van der Waals surface area contributed by atoms with Crippen LogP contribution in [0.2, 0.25) is 5.02 Å². The fourth-order valence-corrected chi connectivity index (χ4v) is 6.07. The van der Waals surface area contributed by atoms with Crippen LogP contribution in [-0.4, -0.2) is 92.2 Å². The van der Waals surface area contributed by atoms with E-state index in [0.29, 0.717) is 25.5 Å². The highest BCUT2D eigenvalue weighted by Crippen LogP contribution is 2.39. The molecule has 1 aliphatic carbocycles. The molecule has 1 saturated heterocycles. The molecule has 1 aromatic carbocycles. The standard InChI is InChI=1S/C26H34ClF3N6O5S.CH4/c1-35-10-8-15(9-11-35)32-23(37)16-12-22(40-3)19(13-18(16)27)33-25-31-14-17(26(28,29)30)24(34-25)41-21-7-5-6-20(21)36(2)42(4,38)39;/h12-15,20-21H,5-11H2,1-4H3,(H,32,37)(H,31,33,34);1H4/t20-,21-;/m1./s1. The van der Waals surface area contributed by atoms with Gasteiger partial charge in [-0.05, 0) is 64.4 Å². The summed E-state index contributed by atoms with van der Waals surface area (Å²) >= 11 is 6.44. The Bertz CT molecular complexity index is 1410. The summed E-state index contributed by atoms with van der Waals surface area (Å²) in [6.07, 6.45) is -1.10. The van der Waals surface area contributed by atoms with Crippen molar-refractivity contribution in [2.24, 2.45) is 0 Å². The molecule has 1 saturated carbocycles. The smallest absolute Gasteiger partial charge is 0.423 e. The zero-order chi connectivity index (χ0) is 30.8. The molecule has 0 unspecified atom stereocenters. The van der Waals surface area contributed by atoms with Gasteiger partial charge >= 0.3 is 6.18 Å². The van der Waals surface area contributed by atoms with Gasteiger partial charge in [0.05, 0.1) is 35.7 Å². The van der Waals surface area contributed by atoms with Gasteiger partial charge in [-0.25, -0.2) is 13.4 Å². The predicted molar refractivity (Wildman–Crippen MR) is 158 cm³/mol. The quantitative estimate of drug-likeness (QED) is 0.402. The topological polar surface area (TPSA) is 126 Å². The molecule has 16 heteroatoms. The maximum absolute atomic E-state index is 13.8. The molecule has 4 rings (SSSR count). The molecule has 0 bridgehead atoms. The average molecular weight is 651 g/mol. The molecule has 2 aromatic rings. The molecule has 240 valence electrons. The highest BCUT2D eigenvalue weighted by molar-refractivity contribution is 7.88. The Balaban J connectivity index is 0.00000506. The minimum atomic E-state index is -4.82. The van der Waals surface area contributed by atoms with Gasteiger partial charge < -0.3 is 25.0 Å². The van der Waals surface area contributed by atoms with Crippen LogP contribution in [0.5, 0.6) is 11.6 Å². The number of halogens is 4. The largest absolute Gasteiger partial charge is 0.495 e. The zero-order valence-electron chi connectivity index (χ0n) is 23.7. The summed E-state index contributed by atoms with van der Waals surface area (Å²) in [7, 11) is 1.15. The van der Waals surface area contributed by atoms with Crippen LogP contribution in [-0.2, 0) is 16.2 Å². The number of alkyl halides is 3. The third-order valence-electron chi connectivity index (χ3n) is 7.56. The Morgan fingerprint density at radius 2 is 1.86 bits per heavy atom. The van der Waals surface area contributed by atoms with Gasteiger partial charge in [0.15, 0.2) is 0 Å². The van der Waals surface area contributed by atoms with Gasteiger partial charge in [-0.3, -0.25) is 4.79 Å². The van der Waals surface area contributed by atoms with Crippen LogP contribution < -0.4 is 20.1 Å². The number of nitrogens with one attached hydrogen (secondary N) is 2. The van der Waals surface area contributed by atoms with E-state index in [0.717, 1.165) is 36.5 Å². The number of carbonyl (C=O) groups is 1. The number of amides is 1. The maximum atomic E-state index is 13.8. The van der Waals surface area contributed by atoms with Crippen molar-refractivity contribution in [1.29, 1.82) is 0 Å². The van der Waals surface area contributed by atoms with E-state index in [9.17, 15) is 26.4 Å². The number of sulfonamides is 1. The van der Waals surface area contributed by atoms with Crippen molar-refractivity contribution >= 4 is 39.2 Å². The Morgan fingerprint density at radius 1 is 1.19 bits per heavy atom. The van der Waals surface area contributed by atoms with E-state index < -0.39 is 39.8 Å². The molecule has 1 amide bonds. The van der Waals surface area contributed by atoms with Crippen LogP contribution in [0.15, 0.2) is 18.3 Å². The molecule has 0 spiro atoms. The van der Waals surface area contributed by atoms with Gasteiger partial charge in [0.25, 0.3) is 5.91 Å². The van der Waals surface area contributed by atoms with E-state index in [1.807, 2.05) is 7.05 Å². The third-order valence-corrected chi connectivity index (χ3v) is 9.19. The summed E-state index contributed by atoms with van der Waals surface area (Å²) < 4.78 is 77.9. The lowest BCUT2D eigenvalue weighted by molar-refractivity contribution is -0.140. The lowest BCUT2D eigenvalue weighted by Gasteiger charge is -2.29. The number of rotatable bonds is 9. The molecule has 2 fully saturated rings. The molecule has 2 heterocycles. The van der Waals surface area contributed by atoms with Gasteiger partial charge in [0, 0.05) is 19.3 Å². The van der Waals surface area contributed by atoms with Crippen LogP contribution >= 0.6 is 11.6 Å². The first-order valence-corrected chi connectivity index (χ1v) is 15.6. The number of hydrogen-bond donors (Lipinski definition) is 2. The van der Waals surface area contributed by atoms with Crippen molar-refractivity contribution in [1.82, 2.24) is 24.5 Å². The maximum Gasteiger partial charge on any atom is 0.423 e. The first-order valence-electron chi connectivity index (χ1n) is 13.3. The highest BCUT2D eigenvalue weighted by Gasteiger charge is 2.40. The monoisotopic (exact) mass is 650 g/mol. The second kappa shape index (κ2) is 13.8. The van der Waals surface area contributed by atoms with Crippen LogP contribution in [0, 0.1) is 0 Å². The molecule has 2 N–H and O–H groups in total. The Hall–Kier alpha value is -2.88. The molecule has 11 nitrogen and oxygen atoms in total. The molecule has 1 aliphatic heterocycles. The number of benzene rings is 1. The van der Waals surface area contributed by atoms with E-state index in [4.69, 9.17) is 21.1 Å². The van der Waals surface area contributed by atoms with Crippen molar-refractivity contribution in [2.45, 2.75) is 63.9 Å². The number of aromatic nitrogens is 2. The summed E-state index contributed by atoms with van der Waals surface area (Å²) in [5.41, 5.74) is -0.816. The molecular formula is C27H38ClF3N6O5S. The van der Waals surface area contributed by atoms with Crippen molar-refractivity contribution in [3.05, 3.63) is 34.5 Å². The van der Waals surface area contributed by atoms with Crippen molar-refractivity contribution in [2.75, 3.05) is 45.9 Å². The second-order valence-electron chi connectivity index (χ2n) is 10.6. The lowest BCUT2D eigenvalue weighted by Crippen LogP contribution is -2.43. The number of anilines is 2. The Labute approximate surface area is 255 Å². The molecule has 43 heavy (non-hydrogen) atoms. The van der Waals surface area contributed by atoms with Gasteiger partial charge in [0.1, 0.15) is 17.4 Å². The first kappa shape index (κ1) is 34.6. The number of carbonyl (C=O) groups excluding carboxylic acids is 1. The summed E-state index contributed by atoms with van der Waals surface area (Å²) in [4.78, 5) is 22.9. The van der Waals surface area contributed by atoms with E-state index >= 15 is 0 Å². The van der Waals surface area contributed by atoms with Crippen LogP contribution in [0.1, 0.15) is 55.5 Å². The van der Waals surface area contributed by atoms with E-state index in [1.165, 1.54) is 26.3 Å². The number of ether oxygens (including phenoxy) is 2. The first-order chi connectivity index (χ1) is 19.7. The van der Waals surface area contributed by atoms with E-state index in [-0.39, 0.29) is 47.3 Å². The van der Waals surface area contributed by atoms with Gasteiger partial charge in [0.2, 0.25) is 21.9 Å². The predicted octanol–water partition coefficient (Wildman–Crippen LogP) is 4.55. The fourth-order valence-electron chi connectivity index (χ4n) is 5.09. The molecule has 0 radical (unpaired) electrons. The van der Waals surface area contributed by atoms with Crippen LogP contribution in [0.3, 0.4) is 0 Å². The molecule has 2 aliphatic rings. The summed E-state index contributed by atoms with van der Waals surface area (Å²) in [5, 5.41) is 5.87. The number of nitrogens with zero attached hydrogens (tertiary/aromatic N) is 4. The SMILES string of the molecule is C.COc1cc(C(=O)NC2CCN(C)CC2)c(Cl)cc1Nc1ncc(C(F)(F)F)c(O[C@@H]2CCC[C@H]2N(C)S(C)(=O)=O)n1. The molecule has 2 atom stereocenters. The minimum absolute atomic E-state index is 0. The normalized spacial score (nSPS) is 20.0. The highest BCUT2D eigenvalue weighted by atomic mass is 35.5. The molecule has 1 aromatic heterocycles. The number of likely N-dealkylation sites (N-methyl/N-ethyl adjacent to an activating group) is 1. The van der Waals surface area contributed by atoms with Gasteiger partial charge in [-0.15, -0.1) is 0 Å². The van der Waals surface area contributed by atoms with Gasteiger partial charge in [-0.1, -0.05) is 19.0 Å². The summed E-state index contributed by atoms with van der Waals surface area (Å²) in [6.45, 7) is 1.72. The minimum Gasteiger partial charge on any atom is -0.495 e. The number of methoxy groups -OCH3 is 1. The van der Waals surface area contributed by atoms with E-state index in [2.05, 4.69) is 25.5 Å². The Kier molecular flexibility index (Phi) is 11.1. The van der Waals surface area contributed by atoms with Crippen molar-refractivity contribution < 1.29 is 35.9 Å². The second-order valence-corrected chi connectivity index (χ2v) is 13.0. The van der Waals surface area contributed by atoms with Crippen molar-refractivity contribution in [3.8, 4) is 11.6 Å². The van der Waals surface area contributed by atoms with Crippen LogP contribution in [0.25, 0.3) is 0 Å². The summed E-state index contributed by atoms with van der Waals surface area (Å²) in [5.74, 6) is -1.17. The average Bonchev–Trinajstić information content (AvgIpc) is 3.36. The van der Waals surface area contributed by atoms with Crippen molar-refractivity contribution in [3.63, 3.8) is 0 Å². The molecular weight excluding hydrogens is 613 g/mol. The van der Waals surface area contributed by atoms with Gasteiger partial charge in [-0.2, -0.15) is 22.5 Å². The number of likely N-dealkylation sites (tertiary alicyclic amines) is 1. The third kappa shape index (κ3) is 8.40. The van der Waals surface area contributed by atoms with Crippen LogP contribution in [0.4, 0.5) is 24.8 Å². The zero-order valence-corrected chi connectivity index (χ0v) is 25.2. The summed E-state index contributed by atoms with van der Waals surface area (Å²) in [6, 6.07) is 2.18. The number of piperidine rings is 1. The lowest BCUT2D eigenvalue weighted by atomic mass is 10.0. The Morgan fingerprint density at radius 3 is 2.47 bits per heavy atom. The fraction of sp³-hybridized carbons (Fsp3) is 0.593. The van der Waals surface area contributed by atoms with E-state index in [1.54, 1.807) is 0 Å².